The van der Waals surface area contributed by atoms with Crippen molar-refractivity contribution in [1.29, 1.82) is 0 Å². The van der Waals surface area contributed by atoms with E-state index in [-0.39, 0.29) is 11.9 Å². The highest BCUT2D eigenvalue weighted by Gasteiger charge is 2.24. The minimum atomic E-state index is -0.651. The number of anilines is 2. The normalized spacial score (nSPS) is 15.2. The molecule has 1 saturated heterocycles. The van der Waals surface area contributed by atoms with Crippen molar-refractivity contribution in [3.63, 3.8) is 0 Å². The third-order valence-electron chi connectivity index (χ3n) is 4.39. The van der Waals surface area contributed by atoms with Crippen LogP contribution in [0, 0.1) is 0 Å². The van der Waals surface area contributed by atoms with E-state index in [9.17, 15) is 9.59 Å². The van der Waals surface area contributed by atoms with Crippen molar-refractivity contribution >= 4 is 35.0 Å². The molecule has 0 saturated carbocycles. The molecule has 1 aliphatic rings. The average molecular weight is 388 g/mol. The summed E-state index contributed by atoms with van der Waals surface area (Å²) in [4.78, 5) is 32.9. The lowest BCUT2D eigenvalue weighted by Crippen LogP contribution is -2.54. The van der Waals surface area contributed by atoms with Crippen molar-refractivity contribution in [1.82, 2.24) is 15.2 Å². The van der Waals surface area contributed by atoms with Crippen LogP contribution < -0.4 is 15.5 Å². The number of nitrogens with zero attached hydrogens (tertiary/aromatic N) is 3. The van der Waals surface area contributed by atoms with Gasteiger partial charge in [-0.15, -0.1) is 0 Å². The molecule has 2 aromatic rings. The van der Waals surface area contributed by atoms with Crippen LogP contribution in [0.3, 0.4) is 0 Å². The Bertz CT molecular complexity index is 776. The number of amides is 3. The Morgan fingerprint density at radius 2 is 1.78 bits per heavy atom. The first-order chi connectivity index (χ1) is 13.0. The molecule has 2 N–H and O–H groups in total. The van der Waals surface area contributed by atoms with Crippen molar-refractivity contribution < 1.29 is 9.59 Å². The number of halogens is 1. The van der Waals surface area contributed by atoms with E-state index in [4.69, 9.17) is 11.6 Å². The van der Waals surface area contributed by atoms with Gasteiger partial charge in [-0.25, -0.2) is 9.78 Å². The highest BCUT2D eigenvalue weighted by Crippen LogP contribution is 2.14. The van der Waals surface area contributed by atoms with Gasteiger partial charge in [0.2, 0.25) is 5.91 Å². The van der Waals surface area contributed by atoms with Crippen LogP contribution in [0.25, 0.3) is 0 Å². The molecular formula is C19H22ClN5O2. The first-order valence-corrected chi connectivity index (χ1v) is 9.18. The molecule has 1 aliphatic heterocycles. The SMILES string of the molecule is C[C@H](NC(=O)N1CCN(c2ccccn2)CC1)C(=O)Nc1ccc(Cl)cc1. The maximum atomic E-state index is 12.4. The van der Waals surface area contributed by atoms with E-state index in [1.54, 1.807) is 42.3 Å². The van der Waals surface area contributed by atoms with Crippen LogP contribution >= 0.6 is 11.6 Å². The fourth-order valence-corrected chi connectivity index (χ4v) is 2.93. The van der Waals surface area contributed by atoms with Gasteiger partial charge in [0.25, 0.3) is 0 Å². The van der Waals surface area contributed by atoms with Crippen LogP contribution in [0.2, 0.25) is 5.02 Å². The standard InChI is InChI=1S/C19H22ClN5O2/c1-14(18(26)23-16-7-5-15(20)6-8-16)22-19(27)25-12-10-24(11-13-25)17-4-2-3-9-21-17/h2-9,14H,10-13H2,1H3,(H,22,27)(H,23,26)/t14-/m0/s1. The number of pyridine rings is 1. The Morgan fingerprint density at radius 1 is 1.07 bits per heavy atom. The van der Waals surface area contributed by atoms with E-state index in [0.717, 1.165) is 5.82 Å². The monoisotopic (exact) mass is 387 g/mol. The van der Waals surface area contributed by atoms with Gasteiger partial charge in [0.05, 0.1) is 0 Å². The second kappa shape index (κ2) is 8.73. The Labute approximate surface area is 163 Å². The molecule has 7 nitrogen and oxygen atoms in total. The van der Waals surface area contributed by atoms with Crippen LogP contribution in [0.4, 0.5) is 16.3 Å². The largest absolute Gasteiger partial charge is 0.353 e. The summed E-state index contributed by atoms with van der Waals surface area (Å²) in [6.45, 7) is 4.22. The molecule has 1 atom stereocenters. The predicted octanol–water partition coefficient (Wildman–Crippen LogP) is 2.59. The molecule has 27 heavy (non-hydrogen) atoms. The maximum Gasteiger partial charge on any atom is 0.318 e. The van der Waals surface area contributed by atoms with Crippen molar-refractivity contribution in [2.24, 2.45) is 0 Å². The van der Waals surface area contributed by atoms with Crippen LogP contribution in [0.15, 0.2) is 48.7 Å². The van der Waals surface area contributed by atoms with E-state index in [2.05, 4.69) is 20.5 Å². The molecule has 0 spiro atoms. The van der Waals surface area contributed by atoms with Gasteiger partial charge in [0, 0.05) is 43.1 Å². The second-order valence-corrected chi connectivity index (χ2v) is 6.77. The van der Waals surface area contributed by atoms with E-state index in [1.807, 2.05) is 18.2 Å². The lowest BCUT2D eigenvalue weighted by Gasteiger charge is -2.35. The van der Waals surface area contributed by atoms with Crippen LogP contribution in [-0.4, -0.2) is 54.0 Å². The third-order valence-corrected chi connectivity index (χ3v) is 4.64. The molecule has 0 unspecified atom stereocenters. The quantitative estimate of drug-likeness (QED) is 0.845. The Balaban J connectivity index is 1.47. The third kappa shape index (κ3) is 5.10. The molecule has 1 aromatic heterocycles. The molecule has 0 aliphatic carbocycles. The van der Waals surface area contributed by atoms with E-state index >= 15 is 0 Å². The second-order valence-electron chi connectivity index (χ2n) is 6.33. The number of nitrogens with one attached hydrogen (secondary N) is 2. The molecule has 8 heteroatoms. The topological polar surface area (TPSA) is 77.6 Å². The summed E-state index contributed by atoms with van der Waals surface area (Å²) in [7, 11) is 0. The van der Waals surface area contributed by atoms with Crippen molar-refractivity contribution in [2.45, 2.75) is 13.0 Å². The van der Waals surface area contributed by atoms with Gasteiger partial charge in [-0.3, -0.25) is 4.79 Å². The molecular weight excluding hydrogens is 366 g/mol. The summed E-state index contributed by atoms with van der Waals surface area (Å²) < 4.78 is 0. The fraction of sp³-hybridized carbons (Fsp3) is 0.316. The van der Waals surface area contributed by atoms with Crippen molar-refractivity contribution in [3.8, 4) is 0 Å². The van der Waals surface area contributed by atoms with Gasteiger partial charge in [-0.2, -0.15) is 0 Å². The minimum absolute atomic E-state index is 0.241. The zero-order valence-electron chi connectivity index (χ0n) is 15.1. The van der Waals surface area contributed by atoms with Crippen LogP contribution in [-0.2, 0) is 4.79 Å². The number of benzene rings is 1. The predicted molar refractivity (Wildman–Crippen MR) is 106 cm³/mol. The van der Waals surface area contributed by atoms with Crippen molar-refractivity contribution in [2.75, 3.05) is 36.4 Å². The Hall–Kier alpha value is -2.80. The van der Waals surface area contributed by atoms with E-state index in [0.29, 0.717) is 36.9 Å². The number of hydrogen-bond donors (Lipinski definition) is 2. The molecule has 1 aromatic carbocycles. The number of urea groups is 1. The summed E-state index contributed by atoms with van der Waals surface area (Å²) in [6, 6.07) is 11.7. The van der Waals surface area contributed by atoms with Gasteiger partial charge >= 0.3 is 6.03 Å². The molecule has 1 fully saturated rings. The average Bonchev–Trinajstić information content (AvgIpc) is 2.70. The molecule has 2 heterocycles. The zero-order chi connectivity index (χ0) is 19.2. The Morgan fingerprint density at radius 3 is 2.41 bits per heavy atom. The van der Waals surface area contributed by atoms with E-state index in [1.165, 1.54) is 0 Å². The lowest BCUT2D eigenvalue weighted by atomic mass is 10.2. The summed E-state index contributed by atoms with van der Waals surface area (Å²) in [5.74, 6) is 0.631. The first kappa shape index (κ1) is 19.0. The van der Waals surface area contributed by atoms with Gasteiger partial charge in [-0.05, 0) is 43.3 Å². The minimum Gasteiger partial charge on any atom is -0.353 e. The number of carbonyl (C=O) groups is 2. The Kier molecular flexibility index (Phi) is 6.13. The van der Waals surface area contributed by atoms with E-state index < -0.39 is 6.04 Å². The maximum absolute atomic E-state index is 12.4. The van der Waals surface area contributed by atoms with Crippen LogP contribution in [0.5, 0.6) is 0 Å². The smallest absolute Gasteiger partial charge is 0.318 e. The number of carbonyl (C=O) groups excluding carboxylic acids is 2. The zero-order valence-corrected chi connectivity index (χ0v) is 15.8. The molecule has 142 valence electrons. The summed E-state index contributed by atoms with van der Waals surface area (Å²) in [5, 5.41) is 6.11. The van der Waals surface area contributed by atoms with Crippen LogP contribution in [0.1, 0.15) is 6.92 Å². The van der Waals surface area contributed by atoms with Gasteiger partial charge < -0.3 is 20.4 Å². The number of piperazine rings is 1. The number of rotatable bonds is 4. The molecule has 3 rings (SSSR count). The molecule has 0 bridgehead atoms. The first-order valence-electron chi connectivity index (χ1n) is 8.81. The van der Waals surface area contributed by atoms with Crippen molar-refractivity contribution in [3.05, 3.63) is 53.7 Å². The highest BCUT2D eigenvalue weighted by atomic mass is 35.5. The number of hydrogen-bond acceptors (Lipinski definition) is 4. The van der Waals surface area contributed by atoms with Gasteiger partial charge in [0.1, 0.15) is 11.9 Å². The lowest BCUT2D eigenvalue weighted by molar-refractivity contribution is -0.117. The fourth-order valence-electron chi connectivity index (χ4n) is 2.81. The number of aromatic nitrogens is 1. The molecule has 3 amide bonds. The summed E-state index contributed by atoms with van der Waals surface area (Å²) in [5.41, 5.74) is 0.634. The highest BCUT2D eigenvalue weighted by molar-refractivity contribution is 6.30. The van der Waals surface area contributed by atoms with Gasteiger partial charge in [0.15, 0.2) is 0 Å². The summed E-state index contributed by atoms with van der Waals surface area (Å²) in [6.07, 6.45) is 1.76. The molecule has 0 radical (unpaired) electrons. The summed E-state index contributed by atoms with van der Waals surface area (Å²) >= 11 is 5.83. The van der Waals surface area contributed by atoms with Gasteiger partial charge in [-0.1, -0.05) is 17.7 Å².